The molecule has 0 bridgehead atoms. The number of hydrogen-bond acceptors (Lipinski definition) is 6. The molecule has 2 aromatic carbocycles. The first kappa shape index (κ1) is 21.1. The Morgan fingerprint density at radius 1 is 0.969 bits per heavy atom. The number of carbonyl (C=O) groups excluding carboxylic acids is 2. The minimum Gasteiger partial charge on any atom is -0.444 e. The highest BCUT2D eigenvalue weighted by Gasteiger charge is 2.22. The van der Waals surface area contributed by atoms with Crippen LogP contribution in [0.2, 0.25) is 5.02 Å². The Labute approximate surface area is 188 Å². The fraction of sp³-hybridized carbons (Fsp3) is 0.0435. The van der Waals surface area contributed by atoms with Crippen molar-refractivity contribution in [2.24, 2.45) is 0 Å². The Morgan fingerprint density at radius 3 is 2.41 bits per heavy atom. The zero-order valence-corrected chi connectivity index (χ0v) is 17.4. The van der Waals surface area contributed by atoms with Crippen LogP contribution in [0.4, 0.5) is 10.6 Å². The number of ether oxygens (including phenoxy) is 2. The molecule has 0 radical (unpaired) electrons. The molecule has 9 heteroatoms. The van der Waals surface area contributed by atoms with E-state index in [-0.39, 0.29) is 29.0 Å². The van der Waals surface area contributed by atoms with Crippen molar-refractivity contribution in [3.05, 3.63) is 101 Å². The minimum absolute atomic E-state index is 0.0211. The van der Waals surface area contributed by atoms with Crippen LogP contribution in [0.1, 0.15) is 16.1 Å². The molecule has 0 aliphatic carbocycles. The number of aromatic nitrogens is 3. The van der Waals surface area contributed by atoms with Gasteiger partial charge in [-0.1, -0.05) is 60.1 Å². The van der Waals surface area contributed by atoms with Crippen LogP contribution in [0, 0.1) is 0 Å². The first-order valence-corrected chi connectivity index (χ1v) is 9.94. The third-order valence-corrected chi connectivity index (χ3v) is 4.55. The van der Waals surface area contributed by atoms with Crippen molar-refractivity contribution in [2.75, 3.05) is 5.32 Å². The Morgan fingerprint density at radius 2 is 1.69 bits per heavy atom. The van der Waals surface area contributed by atoms with E-state index in [1.807, 2.05) is 30.3 Å². The fourth-order valence-electron chi connectivity index (χ4n) is 2.79. The average molecular weight is 449 g/mol. The number of halogens is 1. The monoisotopic (exact) mass is 448 g/mol. The number of amides is 1. The van der Waals surface area contributed by atoms with Crippen LogP contribution in [-0.2, 0) is 11.3 Å². The molecule has 1 N–H and O–H groups in total. The molecule has 1 amide bonds. The van der Waals surface area contributed by atoms with Crippen LogP contribution in [0.25, 0.3) is 5.82 Å². The van der Waals surface area contributed by atoms with Gasteiger partial charge in [0.1, 0.15) is 12.4 Å². The Balaban J connectivity index is 1.57. The summed E-state index contributed by atoms with van der Waals surface area (Å²) in [5.41, 5.74) is 0.855. The van der Waals surface area contributed by atoms with Gasteiger partial charge in [0, 0.05) is 12.3 Å². The van der Waals surface area contributed by atoms with Gasteiger partial charge in [0.25, 0.3) is 0 Å². The first-order valence-electron chi connectivity index (χ1n) is 9.56. The highest BCUT2D eigenvalue weighted by atomic mass is 35.5. The Hall–Kier alpha value is -4.17. The number of nitrogens with zero attached hydrogens (tertiary/aromatic N) is 3. The van der Waals surface area contributed by atoms with Crippen LogP contribution in [0.5, 0.6) is 5.75 Å². The topological polar surface area (TPSA) is 95.3 Å². The van der Waals surface area contributed by atoms with Gasteiger partial charge >= 0.3 is 12.1 Å². The van der Waals surface area contributed by atoms with Crippen molar-refractivity contribution in [2.45, 2.75) is 6.61 Å². The van der Waals surface area contributed by atoms with Gasteiger partial charge in [-0.25, -0.2) is 19.3 Å². The summed E-state index contributed by atoms with van der Waals surface area (Å²) in [6.45, 7) is 0.0857. The molecule has 0 atom stereocenters. The molecule has 0 aliphatic heterocycles. The number of para-hydroxylation sites is 1. The molecule has 2 heterocycles. The second-order valence-corrected chi connectivity index (χ2v) is 6.93. The van der Waals surface area contributed by atoms with E-state index in [0.717, 1.165) is 5.56 Å². The summed E-state index contributed by atoms with van der Waals surface area (Å²) < 4.78 is 11.8. The summed E-state index contributed by atoms with van der Waals surface area (Å²) in [4.78, 5) is 29.2. The van der Waals surface area contributed by atoms with E-state index in [9.17, 15) is 9.59 Å². The molecule has 8 nitrogen and oxygen atoms in total. The molecule has 0 unspecified atom stereocenters. The van der Waals surface area contributed by atoms with E-state index in [1.54, 1.807) is 42.5 Å². The number of benzene rings is 2. The maximum Gasteiger partial charge on any atom is 0.413 e. The van der Waals surface area contributed by atoms with E-state index in [0.29, 0.717) is 5.75 Å². The molecule has 160 valence electrons. The van der Waals surface area contributed by atoms with Crippen molar-refractivity contribution < 1.29 is 19.1 Å². The van der Waals surface area contributed by atoms with Crippen molar-refractivity contribution in [1.29, 1.82) is 0 Å². The largest absolute Gasteiger partial charge is 0.444 e. The van der Waals surface area contributed by atoms with Gasteiger partial charge in [-0.3, -0.25) is 5.32 Å². The molecule has 32 heavy (non-hydrogen) atoms. The second kappa shape index (κ2) is 9.76. The molecule has 4 rings (SSSR count). The predicted molar refractivity (Wildman–Crippen MR) is 118 cm³/mol. The van der Waals surface area contributed by atoms with E-state index in [1.165, 1.54) is 16.9 Å². The van der Waals surface area contributed by atoms with Gasteiger partial charge in [0.2, 0.25) is 0 Å². The lowest BCUT2D eigenvalue weighted by Crippen LogP contribution is -2.15. The van der Waals surface area contributed by atoms with Gasteiger partial charge < -0.3 is 9.47 Å². The van der Waals surface area contributed by atoms with Crippen molar-refractivity contribution >= 4 is 29.5 Å². The first-order chi connectivity index (χ1) is 15.6. The summed E-state index contributed by atoms with van der Waals surface area (Å²) in [6, 6.07) is 22.4. The van der Waals surface area contributed by atoms with Gasteiger partial charge in [-0.05, 0) is 29.8 Å². The molecular weight excluding hydrogens is 432 g/mol. The maximum atomic E-state index is 12.8. The SMILES string of the molecule is O=C(Nc1cc(C(=O)Oc2ccccc2)n(-c2ncccc2Cl)n1)OCc1ccccc1. The molecular formula is C23H17ClN4O4. The summed E-state index contributed by atoms with van der Waals surface area (Å²) in [6.07, 6.45) is 0.782. The normalized spacial score (nSPS) is 10.4. The zero-order valence-electron chi connectivity index (χ0n) is 16.6. The van der Waals surface area contributed by atoms with E-state index >= 15 is 0 Å². The third kappa shape index (κ3) is 5.11. The summed E-state index contributed by atoms with van der Waals surface area (Å²) >= 11 is 6.24. The number of carbonyl (C=O) groups is 2. The Kier molecular flexibility index (Phi) is 6.43. The fourth-order valence-corrected chi connectivity index (χ4v) is 3.00. The minimum atomic E-state index is -0.728. The van der Waals surface area contributed by atoms with Gasteiger partial charge in [0.05, 0.1) is 5.02 Å². The van der Waals surface area contributed by atoms with Crippen molar-refractivity contribution in [3.8, 4) is 11.6 Å². The summed E-state index contributed by atoms with van der Waals surface area (Å²) in [5.74, 6) is -0.0602. The maximum absolute atomic E-state index is 12.8. The molecule has 0 aliphatic rings. The molecule has 2 aromatic heterocycles. The van der Waals surface area contributed by atoms with Gasteiger partial charge in [0.15, 0.2) is 17.3 Å². The number of anilines is 1. The van der Waals surface area contributed by atoms with Crippen LogP contribution >= 0.6 is 11.6 Å². The molecule has 0 fully saturated rings. The smallest absolute Gasteiger partial charge is 0.413 e. The average Bonchev–Trinajstić information content (AvgIpc) is 3.23. The van der Waals surface area contributed by atoms with Crippen LogP contribution in [0.3, 0.4) is 0 Å². The highest BCUT2D eigenvalue weighted by molar-refractivity contribution is 6.32. The standard InChI is InChI=1S/C23H17ClN4O4/c24-18-12-7-13-25-21(18)28-19(22(29)32-17-10-5-2-6-11-17)14-20(27-28)26-23(30)31-15-16-8-3-1-4-9-16/h1-14H,15H2,(H,26,27,30). The van der Waals surface area contributed by atoms with Gasteiger partial charge in [-0.2, -0.15) is 0 Å². The zero-order chi connectivity index (χ0) is 22.3. The van der Waals surface area contributed by atoms with Crippen LogP contribution < -0.4 is 10.1 Å². The molecule has 0 saturated carbocycles. The summed E-state index contributed by atoms with van der Waals surface area (Å²) in [5, 5.41) is 7.03. The summed E-state index contributed by atoms with van der Waals surface area (Å²) in [7, 11) is 0. The number of pyridine rings is 1. The van der Waals surface area contributed by atoms with Gasteiger partial charge in [-0.15, -0.1) is 5.10 Å². The van der Waals surface area contributed by atoms with E-state index in [4.69, 9.17) is 21.1 Å². The van der Waals surface area contributed by atoms with Crippen molar-refractivity contribution in [3.63, 3.8) is 0 Å². The second-order valence-electron chi connectivity index (χ2n) is 6.52. The number of rotatable bonds is 6. The number of esters is 1. The molecule has 0 spiro atoms. The Bertz CT molecular complexity index is 1230. The van der Waals surface area contributed by atoms with Crippen LogP contribution in [0.15, 0.2) is 85.1 Å². The quantitative estimate of drug-likeness (QED) is 0.333. The lowest BCUT2D eigenvalue weighted by Gasteiger charge is -2.08. The molecule has 0 saturated heterocycles. The predicted octanol–water partition coefficient (Wildman–Crippen LogP) is 4.89. The lowest BCUT2D eigenvalue weighted by molar-refractivity contribution is 0.0725. The molecule has 4 aromatic rings. The van der Waals surface area contributed by atoms with Crippen LogP contribution in [-0.4, -0.2) is 26.8 Å². The number of nitrogens with one attached hydrogen (secondary N) is 1. The van der Waals surface area contributed by atoms with Crippen molar-refractivity contribution in [1.82, 2.24) is 14.8 Å². The highest BCUT2D eigenvalue weighted by Crippen LogP contribution is 2.22. The number of hydrogen-bond donors (Lipinski definition) is 1. The van der Waals surface area contributed by atoms with E-state index in [2.05, 4.69) is 15.4 Å². The lowest BCUT2D eigenvalue weighted by atomic mass is 10.2. The third-order valence-electron chi connectivity index (χ3n) is 4.25. The van der Waals surface area contributed by atoms with E-state index < -0.39 is 12.1 Å².